The maximum absolute atomic E-state index is 10.9. The van der Waals surface area contributed by atoms with Gasteiger partial charge in [0.2, 0.25) is 5.91 Å². The van der Waals surface area contributed by atoms with Crippen LogP contribution in [0.15, 0.2) is 65.3 Å². The van der Waals surface area contributed by atoms with E-state index in [9.17, 15) is 4.79 Å². The zero-order chi connectivity index (χ0) is 19.3. The van der Waals surface area contributed by atoms with Crippen molar-refractivity contribution in [1.29, 1.82) is 0 Å². The fourth-order valence-corrected chi connectivity index (χ4v) is 3.13. The van der Waals surface area contributed by atoms with Crippen LogP contribution in [0.1, 0.15) is 12.5 Å². The fraction of sp³-hybridized carbons (Fsp3) is 0.182. The van der Waals surface area contributed by atoms with Crippen LogP contribution in [0.2, 0.25) is 0 Å². The summed E-state index contributed by atoms with van der Waals surface area (Å²) in [7, 11) is 0. The number of hydrogen-bond acceptors (Lipinski definition) is 4. The second-order valence-electron chi connectivity index (χ2n) is 6.65. The molecular formula is C22H22N4O2. The second kappa shape index (κ2) is 8.10. The lowest BCUT2D eigenvalue weighted by atomic mass is 10.1. The van der Waals surface area contributed by atoms with Gasteiger partial charge in [-0.1, -0.05) is 18.2 Å². The molecule has 0 aliphatic carbocycles. The van der Waals surface area contributed by atoms with Gasteiger partial charge < -0.3 is 20.0 Å². The van der Waals surface area contributed by atoms with Crippen molar-refractivity contribution in [3.63, 3.8) is 0 Å². The highest BCUT2D eigenvalue weighted by Crippen LogP contribution is 2.26. The zero-order valence-corrected chi connectivity index (χ0v) is 15.7. The molecule has 2 aromatic carbocycles. The summed E-state index contributed by atoms with van der Waals surface area (Å²) < 4.78 is 5.48. The van der Waals surface area contributed by atoms with Crippen molar-refractivity contribution in [2.24, 2.45) is 0 Å². The van der Waals surface area contributed by atoms with Crippen molar-refractivity contribution >= 4 is 16.9 Å². The van der Waals surface area contributed by atoms with Gasteiger partial charge in [0, 0.05) is 37.7 Å². The molecule has 0 unspecified atom stereocenters. The Balaban J connectivity index is 1.49. The minimum Gasteiger partial charge on any atom is -0.464 e. The Morgan fingerprint density at radius 1 is 1.07 bits per heavy atom. The predicted octanol–water partition coefficient (Wildman–Crippen LogP) is 3.72. The molecule has 2 heterocycles. The molecule has 0 aliphatic heterocycles. The summed E-state index contributed by atoms with van der Waals surface area (Å²) in [6.07, 6.45) is 1.67. The van der Waals surface area contributed by atoms with Gasteiger partial charge in [0.05, 0.1) is 17.3 Å². The van der Waals surface area contributed by atoms with Gasteiger partial charge in [0.15, 0.2) is 0 Å². The summed E-state index contributed by atoms with van der Waals surface area (Å²) in [4.78, 5) is 19.0. The van der Waals surface area contributed by atoms with Gasteiger partial charge in [-0.15, -0.1) is 0 Å². The number of carbonyl (C=O) groups is 1. The second-order valence-corrected chi connectivity index (χ2v) is 6.65. The van der Waals surface area contributed by atoms with Gasteiger partial charge in [-0.05, 0) is 42.0 Å². The van der Waals surface area contributed by atoms with E-state index in [1.807, 2.05) is 36.4 Å². The quantitative estimate of drug-likeness (QED) is 0.431. The van der Waals surface area contributed by atoms with E-state index < -0.39 is 0 Å². The Morgan fingerprint density at radius 3 is 2.82 bits per heavy atom. The molecule has 4 aromatic rings. The van der Waals surface area contributed by atoms with Crippen LogP contribution in [0.5, 0.6) is 0 Å². The number of aromatic amines is 1. The Labute approximate surface area is 163 Å². The number of nitrogens with one attached hydrogen (secondary N) is 3. The molecule has 2 aromatic heterocycles. The number of H-pyrrole nitrogens is 1. The Bertz CT molecular complexity index is 1080. The number of furan rings is 1. The monoisotopic (exact) mass is 374 g/mol. The summed E-state index contributed by atoms with van der Waals surface area (Å²) in [5.41, 5.74) is 5.12. The van der Waals surface area contributed by atoms with E-state index in [0.717, 1.165) is 52.4 Å². The molecule has 0 fully saturated rings. The normalized spacial score (nSPS) is 11.0. The molecule has 6 heteroatoms. The van der Waals surface area contributed by atoms with Gasteiger partial charge >= 0.3 is 0 Å². The first-order valence-corrected chi connectivity index (χ1v) is 9.27. The number of fused-ring (bicyclic) bond motifs is 1. The molecule has 0 radical (unpaired) electrons. The molecule has 0 spiro atoms. The third kappa shape index (κ3) is 4.13. The molecule has 0 saturated heterocycles. The Kier molecular flexibility index (Phi) is 5.21. The number of hydrogen-bond donors (Lipinski definition) is 3. The Hall–Kier alpha value is -3.38. The molecule has 0 bridgehead atoms. The lowest BCUT2D eigenvalue weighted by molar-refractivity contribution is -0.118. The first-order chi connectivity index (χ1) is 13.7. The number of benzene rings is 2. The molecular weight excluding hydrogens is 352 g/mol. The highest BCUT2D eigenvalue weighted by Gasteiger charge is 2.08. The third-order valence-electron chi connectivity index (χ3n) is 4.49. The number of nitrogens with zero attached hydrogens (tertiary/aromatic N) is 1. The van der Waals surface area contributed by atoms with Crippen molar-refractivity contribution in [2.45, 2.75) is 13.5 Å². The van der Waals surface area contributed by atoms with Gasteiger partial charge in [-0.25, -0.2) is 4.98 Å². The maximum atomic E-state index is 10.9. The Morgan fingerprint density at radius 2 is 2.00 bits per heavy atom. The van der Waals surface area contributed by atoms with Crippen LogP contribution in [0.25, 0.3) is 33.7 Å². The van der Waals surface area contributed by atoms with E-state index in [2.05, 4.69) is 33.8 Å². The first-order valence-electron chi connectivity index (χ1n) is 9.27. The number of carbonyl (C=O) groups excluding carboxylic acids is 1. The average molecular weight is 374 g/mol. The van der Waals surface area contributed by atoms with Gasteiger partial charge in [-0.2, -0.15) is 0 Å². The summed E-state index contributed by atoms with van der Waals surface area (Å²) in [5, 5.41) is 6.11. The van der Waals surface area contributed by atoms with Gasteiger partial charge in [0.25, 0.3) is 0 Å². The molecule has 1 amide bonds. The highest BCUT2D eigenvalue weighted by molar-refractivity contribution is 5.83. The SMILES string of the molecule is CC(=O)NCCNCc1cccc(-c2nc3ccc(-c4ccco4)cc3[nH]2)c1. The van der Waals surface area contributed by atoms with Crippen LogP contribution >= 0.6 is 0 Å². The van der Waals surface area contributed by atoms with E-state index in [0.29, 0.717) is 6.54 Å². The van der Waals surface area contributed by atoms with Crippen LogP contribution in [-0.2, 0) is 11.3 Å². The van der Waals surface area contributed by atoms with Crippen molar-refractivity contribution in [3.05, 3.63) is 66.4 Å². The molecule has 28 heavy (non-hydrogen) atoms. The molecule has 3 N–H and O–H groups in total. The van der Waals surface area contributed by atoms with Crippen molar-refractivity contribution < 1.29 is 9.21 Å². The number of imidazole rings is 1. The standard InChI is InChI=1S/C22H22N4O2/c1-15(27)24-10-9-23-14-16-4-2-5-18(12-16)22-25-19-8-7-17(13-20(19)26-22)21-6-3-11-28-21/h2-8,11-13,23H,9-10,14H2,1H3,(H,24,27)(H,25,26). The van der Waals surface area contributed by atoms with E-state index in [-0.39, 0.29) is 5.91 Å². The number of amides is 1. The molecule has 142 valence electrons. The van der Waals surface area contributed by atoms with Gasteiger partial charge in [-0.3, -0.25) is 4.79 Å². The molecule has 4 rings (SSSR count). The first kappa shape index (κ1) is 18.0. The highest BCUT2D eigenvalue weighted by atomic mass is 16.3. The molecule has 0 aliphatic rings. The van der Waals surface area contributed by atoms with Crippen LogP contribution in [0.4, 0.5) is 0 Å². The van der Waals surface area contributed by atoms with Crippen molar-refractivity contribution in [2.75, 3.05) is 13.1 Å². The number of aromatic nitrogens is 2. The molecule has 6 nitrogen and oxygen atoms in total. The summed E-state index contributed by atoms with van der Waals surface area (Å²) in [5.74, 6) is 1.67. The average Bonchev–Trinajstić information content (AvgIpc) is 3.37. The fourth-order valence-electron chi connectivity index (χ4n) is 3.13. The van der Waals surface area contributed by atoms with E-state index in [1.165, 1.54) is 6.92 Å². The predicted molar refractivity (Wildman–Crippen MR) is 110 cm³/mol. The van der Waals surface area contributed by atoms with E-state index in [1.54, 1.807) is 6.26 Å². The largest absolute Gasteiger partial charge is 0.464 e. The van der Waals surface area contributed by atoms with Gasteiger partial charge in [0.1, 0.15) is 11.6 Å². The maximum Gasteiger partial charge on any atom is 0.216 e. The minimum absolute atomic E-state index is 0.0103. The van der Waals surface area contributed by atoms with Crippen molar-refractivity contribution in [1.82, 2.24) is 20.6 Å². The minimum atomic E-state index is -0.0103. The zero-order valence-electron chi connectivity index (χ0n) is 15.7. The van der Waals surface area contributed by atoms with Crippen LogP contribution in [0.3, 0.4) is 0 Å². The number of rotatable bonds is 7. The molecule has 0 atom stereocenters. The van der Waals surface area contributed by atoms with Crippen molar-refractivity contribution in [3.8, 4) is 22.7 Å². The summed E-state index contributed by atoms with van der Waals surface area (Å²) >= 11 is 0. The van der Waals surface area contributed by atoms with Crippen LogP contribution < -0.4 is 10.6 Å². The van der Waals surface area contributed by atoms with Crippen LogP contribution in [0, 0.1) is 0 Å². The van der Waals surface area contributed by atoms with E-state index >= 15 is 0 Å². The smallest absolute Gasteiger partial charge is 0.216 e. The van der Waals surface area contributed by atoms with E-state index in [4.69, 9.17) is 9.40 Å². The topological polar surface area (TPSA) is 82.9 Å². The summed E-state index contributed by atoms with van der Waals surface area (Å²) in [6, 6.07) is 18.2. The summed E-state index contributed by atoms with van der Waals surface area (Å²) in [6.45, 7) is 3.60. The third-order valence-corrected chi connectivity index (χ3v) is 4.49. The molecule has 0 saturated carbocycles. The lowest BCUT2D eigenvalue weighted by Gasteiger charge is -2.06. The lowest BCUT2D eigenvalue weighted by Crippen LogP contribution is -2.29. The van der Waals surface area contributed by atoms with Crippen LogP contribution in [-0.4, -0.2) is 29.0 Å².